The van der Waals surface area contributed by atoms with Gasteiger partial charge in [0.1, 0.15) is 23.3 Å². The summed E-state index contributed by atoms with van der Waals surface area (Å²) >= 11 is 3.68. The minimum Gasteiger partial charge on any atom is -0.368 e. The fourth-order valence-corrected chi connectivity index (χ4v) is 4.65. The molecule has 0 N–H and O–H groups in total. The van der Waals surface area contributed by atoms with Gasteiger partial charge < -0.3 is 18.9 Å². The van der Waals surface area contributed by atoms with Crippen LogP contribution < -0.4 is 0 Å². The van der Waals surface area contributed by atoms with E-state index in [1.807, 2.05) is 61.5 Å². The van der Waals surface area contributed by atoms with Gasteiger partial charge in [-0.25, -0.2) is 0 Å². The third-order valence-corrected chi connectivity index (χ3v) is 6.31. The summed E-state index contributed by atoms with van der Waals surface area (Å²) in [5.41, 5.74) is 3.33. The maximum absolute atomic E-state index is 6.45. The Morgan fingerprint density at radius 3 is 1.41 bits per heavy atom. The number of halogens is 1. The molecule has 4 nitrogen and oxygen atoms in total. The van der Waals surface area contributed by atoms with Gasteiger partial charge in [0, 0.05) is 0 Å². The molecule has 0 saturated carbocycles. The first-order valence-electron chi connectivity index (χ1n) is 11.0. The lowest BCUT2D eigenvalue weighted by Crippen LogP contribution is -2.57. The third kappa shape index (κ3) is 6.27. The predicted molar refractivity (Wildman–Crippen MR) is 128 cm³/mol. The van der Waals surface area contributed by atoms with Gasteiger partial charge >= 0.3 is 0 Å². The van der Waals surface area contributed by atoms with E-state index in [4.69, 9.17) is 18.9 Å². The van der Waals surface area contributed by atoms with Gasteiger partial charge in [-0.2, -0.15) is 0 Å². The topological polar surface area (TPSA) is 36.9 Å². The second kappa shape index (κ2) is 11.7. The summed E-state index contributed by atoms with van der Waals surface area (Å²) in [5.74, 6) is 0. The van der Waals surface area contributed by atoms with Crippen LogP contribution in [0.4, 0.5) is 0 Å². The van der Waals surface area contributed by atoms with Crippen molar-refractivity contribution in [3.05, 3.63) is 108 Å². The molecule has 32 heavy (non-hydrogen) atoms. The van der Waals surface area contributed by atoms with Crippen LogP contribution in [-0.2, 0) is 38.8 Å². The Kier molecular flexibility index (Phi) is 8.49. The molecular formula is C27H29BrO4. The van der Waals surface area contributed by atoms with Gasteiger partial charge in [-0.15, -0.1) is 0 Å². The molecular weight excluding hydrogens is 468 g/mol. The van der Waals surface area contributed by atoms with Crippen molar-refractivity contribution in [1.29, 1.82) is 0 Å². The van der Waals surface area contributed by atoms with E-state index < -0.39 is 0 Å². The van der Waals surface area contributed by atoms with Crippen LogP contribution in [0.1, 0.15) is 23.6 Å². The van der Waals surface area contributed by atoms with E-state index in [9.17, 15) is 0 Å². The molecule has 1 aliphatic heterocycles. The van der Waals surface area contributed by atoms with Crippen LogP contribution in [0.5, 0.6) is 0 Å². The maximum atomic E-state index is 6.45. The molecule has 1 saturated heterocycles. The summed E-state index contributed by atoms with van der Waals surface area (Å²) in [6.07, 6.45) is -1.04. The number of benzene rings is 3. The molecule has 0 aliphatic carbocycles. The zero-order chi connectivity index (χ0) is 22.2. The molecule has 1 aliphatic rings. The van der Waals surface area contributed by atoms with Gasteiger partial charge in [0.2, 0.25) is 0 Å². The quantitative estimate of drug-likeness (QED) is 0.346. The van der Waals surface area contributed by atoms with Crippen molar-refractivity contribution < 1.29 is 18.9 Å². The van der Waals surface area contributed by atoms with E-state index in [0.717, 1.165) is 16.7 Å². The first-order chi connectivity index (χ1) is 15.7. The Morgan fingerprint density at radius 1 is 0.594 bits per heavy atom. The number of rotatable bonds is 9. The smallest absolute Gasteiger partial charge is 0.141 e. The molecule has 0 amide bonds. The zero-order valence-electron chi connectivity index (χ0n) is 18.2. The van der Waals surface area contributed by atoms with Crippen LogP contribution in [0, 0.1) is 0 Å². The summed E-state index contributed by atoms with van der Waals surface area (Å²) in [4.78, 5) is 0. The Labute approximate surface area is 198 Å². The normalized spacial score (nSPS) is 25.5. The lowest BCUT2D eigenvalue weighted by atomic mass is 10.00. The minimum absolute atomic E-state index is 0.152. The van der Waals surface area contributed by atoms with Crippen molar-refractivity contribution in [3.8, 4) is 0 Å². The van der Waals surface area contributed by atoms with E-state index >= 15 is 0 Å². The lowest BCUT2D eigenvalue weighted by molar-refractivity contribution is -0.241. The summed E-state index contributed by atoms with van der Waals surface area (Å²) < 4.78 is 25.3. The van der Waals surface area contributed by atoms with Crippen molar-refractivity contribution in [2.24, 2.45) is 0 Å². The standard InChI is InChI=1S/C27H29BrO4/c1-20-24(29-17-21-11-5-2-6-12-21)25(30-18-22-13-7-3-8-14-22)26(27(28)32-20)31-19-23-15-9-4-10-16-23/h2-16,20,24-27H,17-19H2,1H3/t20-,24+,25+,26-,27+/m0/s1. The highest BCUT2D eigenvalue weighted by atomic mass is 79.9. The predicted octanol–water partition coefficient (Wildman–Crippen LogP) is 5.88. The van der Waals surface area contributed by atoms with Crippen LogP contribution in [0.2, 0.25) is 0 Å². The average molecular weight is 497 g/mol. The molecule has 0 unspecified atom stereocenters. The molecule has 168 valence electrons. The first kappa shape index (κ1) is 23.1. The largest absolute Gasteiger partial charge is 0.368 e. The third-order valence-electron chi connectivity index (χ3n) is 5.57. The molecule has 1 fully saturated rings. The fourth-order valence-electron chi connectivity index (χ4n) is 3.85. The monoisotopic (exact) mass is 496 g/mol. The number of ether oxygens (including phenoxy) is 4. The molecule has 3 aromatic rings. The first-order valence-corrected chi connectivity index (χ1v) is 11.9. The minimum atomic E-state index is -0.323. The zero-order valence-corrected chi connectivity index (χ0v) is 19.8. The second-order valence-electron chi connectivity index (χ2n) is 7.98. The van der Waals surface area contributed by atoms with E-state index in [0.29, 0.717) is 19.8 Å². The highest BCUT2D eigenvalue weighted by Crippen LogP contribution is 2.32. The highest BCUT2D eigenvalue weighted by molar-refractivity contribution is 9.09. The van der Waals surface area contributed by atoms with Crippen molar-refractivity contribution >= 4 is 15.9 Å². The highest BCUT2D eigenvalue weighted by Gasteiger charge is 2.45. The molecule has 5 heteroatoms. The van der Waals surface area contributed by atoms with Gasteiger partial charge in [-0.05, 0) is 23.6 Å². The van der Waals surface area contributed by atoms with Crippen LogP contribution in [0.25, 0.3) is 0 Å². The summed E-state index contributed by atoms with van der Waals surface area (Å²) in [6, 6.07) is 30.5. The fraction of sp³-hybridized carbons (Fsp3) is 0.333. The van der Waals surface area contributed by atoms with Crippen LogP contribution in [-0.4, -0.2) is 29.4 Å². The molecule has 1 heterocycles. The second-order valence-corrected chi connectivity index (χ2v) is 8.88. The molecule has 0 radical (unpaired) electrons. The van der Waals surface area contributed by atoms with Crippen LogP contribution >= 0.6 is 15.9 Å². The maximum Gasteiger partial charge on any atom is 0.141 e. The van der Waals surface area contributed by atoms with E-state index in [-0.39, 0.29) is 29.4 Å². The van der Waals surface area contributed by atoms with E-state index in [1.165, 1.54) is 0 Å². The lowest BCUT2D eigenvalue weighted by Gasteiger charge is -2.43. The average Bonchev–Trinajstić information content (AvgIpc) is 2.83. The molecule has 0 spiro atoms. The van der Waals surface area contributed by atoms with Gasteiger partial charge in [0.25, 0.3) is 0 Å². The van der Waals surface area contributed by atoms with Crippen molar-refractivity contribution in [3.63, 3.8) is 0 Å². The van der Waals surface area contributed by atoms with E-state index in [1.54, 1.807) is 0 Å². The van der Waals surface area contributed by atoms with Gasteiger partial charge in [-0.1, -0.05) is 107 Å². The van der Waals surface area contributed by atoms with Gasteiger partial charge in [0.05, 0.1) is 25.9 Å². The number of alkyl halides is 1. The van der Waals surface area contributed by atoms with Gasteiger partial charge in [0.15, 0.2) is 0 Å². The van der Waals surface area contributed by atoms with Crippen molar-refractivity contribution in [2.75, 3.05) is 0 Å². The van der Waals surface area contributed by atoms with Crippen molar-refractivity contribution in [2.45, 2.75) is 56.2 Å². The molecule has 0 aromatic heterocycles. The van der Waals surface area contributed by atoms with E-state index in [2.05, 4.69) is 52.3 Å². The van der Waals surface area contributed by atoms with Gasteiger partial charge in [-0.3, -0.25) is 0 Å². The summed E-state index contributed by atoms with van der Waals surface area (Å²) in [5, 5.41) is -0.293. The Balaban J connectivity index is 1.50. The van der Waals surface area contributed by atoms with Crippen LogP contribution in [0.15, 0.2) is 91.0 Å². The molecule has 5 atom stereocenters. The van der Waals surface area contributed by atoms with Crippen molar-refractivity contribution in [1.82, 2.24) is 0 Å². The van der Waals surface area contributed by atoms with Crippen LogP contribution in [0.3, 0.4) is 0 Å². The number of hydrogen-bond donors (Lipinski definition) is 0. The Bertz CT molecular complexity index is 867. The number of hydrogen-bond acceptors (Lipinski definition) is 4. The SMILES string of the molecule is C[C@@H]1O[C@@H](Br)[C@@H](OCc2ccccc2)[C@H](OCc2ccccc2)[C@@H]1OCc1ccccc1. The molecule has 3 aromatic carbocycles. The molecule has 4 rings (SSSR count). The Hall–Kier alpha value is -2.02. The summed E-state index contributed by atoms with van der Waals surface area (Å²) in [7, 11) is 0. The Morgan fingerprint density at radius 2 is 0.969 bits per heavy atom. The summed E-state index contributed by atoms with van der Waals surface area (Å²) in [6.45, 7) is 3.47. The molecule has 0 bridgehead atoms.